The number of benzene rings is 4. The van der Waals surface area contributed by atoms with E-state index in [1.54, 1.807) is 60.7 Å². The normalized spacial score (nSPS) is 26.4. The highest BCUT2D eigenvalue weighted by molar-refractivity contribution is 5.90. The van der Waals surface area contributed by atoms with Crippen LogP contribution in [-0.4, -0.2) is 92.4 Å². The van der Waals surface area contributed by atoms with Crippen molar-refractivity contribution in [2.24, 2.45) is 11.0 Å². The van der Waals surface area contributed by atoms with Gasteiger partial charge in [-0.2, -0.15) is 0 Å². The van der Waals surface area contributed by atoms with Gasteiger partial charge in [0.1, 0.15) is 43.7 Å². The summed E-state index contributed by atoms with van der Waals surface area (Å²) in [5.41, 5.74) is 12.1. The second-order valence-corrected chi connectivity index (χ2v) is 14.0. The zero-order valence-corrected chi connectivity index (χ0v) is 32.6. The van der Waals surface area contributed by atoms with Crippen molar-refractivity contribution < 1.29 is 52.3 Å². The first kappa shape index (κ1) is 42.7. The van der Waals surface area contributed by atoms with Crippen LogP contribution in [0.15, 0.2) is 126 Å². The monoisotopic (exact) mass is 806 g/mol. The van der Waals surface area contributed by atoms with E-state index in [-0.39, 0.29) is 32.0 Å². The zero-order chi connectivity index (χ0) is 41.6. The molecule has 2 fully saturated rings. The Bertz CT molecular complexity index is 2020. The lowest BCUT2D eigenvalue weighted by atomic mass is 9.89. The second-order valence-electron chi connectivity index (χ2n) is 14.0. The van der Waals surface area contributed by atoms with Crippen molar-refractivity contribution in [3.63, 3.8) is 0 Å². The van der Waals surface area contributed by atoms with E-state index in [1.165, 1.54) is 6.92 Å². The van der Waals surface area contributed by atoms with Crippen LogP contribution in [0.3, 0.4) is 0 Å². The van der Waals surface area contributed by atoms with Gasteiger partial charge in [-0.05, 0) is 40.9 Å². The van der Waals surface area contributed by atoms with Gasteiger partial charge in [0, 0.05) is 24.0 Å². The molecule has 6 unspecified atom stereocenters. The molecule has 0 radical (unpaired) electrons. The number of carbonyl (C=O) groups excluding carboxylic acids is 3. The minimum Gasteiger partial charge on any atom is -0.463 e. The summed E-state index contributed by atoms with van der Waals surface area (Å²) in [6.45, 7) is 2.65. The molecule has 0 spiro atoms. The highest BCUT2D eigenvalue weighted by Crippen LogP contribution is 2.37. The van der Waals surface area contributed by atoms with E-state index < -0.39 is 78.9 Å². The smallest absolute Gasteiger partial charge is 0.338 e. The van der Waals surface area contributed by atoms with Crippen LogP contribution in [0.4, 0.5) is 0 Å². The molecule has 15 nitrogen and oxygen atoms in total. The van der Waals surface area contributed by atoms with Gasteiger partial charge >= 0.3 is 17.9 Å². The SMILES string of the molecule is CC(=O)OC[C@@H]1OC(C=N)C(OC(=O)c2ccccc2)C(OCc2ccccc2)[C@@H]1OC1OC(COC(=O)c2ccccc2)C(C)[C@H](OCc2ccccc2)[C@H]1N=[N+]=[N-]. The number of hydrogen-bond acceptors (Lipinski definition) is 13. The number of nitrogens with one attached hydrogen (secondary N) is 1. The van der Waals surface area contributed by atoms with Crippen LogP contribution in [0.5, 0.6) is 0 Å². The molecule has 0 aliphatic carbocycles. The Morgan fingerprint density at radius 1 is 0.695 bits per heavy atom. The van der Waals surface area contributed by atoms with Crippen molar-refractivity contribution in [2.45, 2.75) is 82.1 Å². The van der Waals surface area contributed by atoms with Gasteiger partial charge in [-0.1, -0.05) is 109 Å². The van der Waals surface area contributed by atoms with E-state index in [4.69, 9.17) is 43.3 Å². The Balaban J connectivity index is 1.37. The third-order valence-corrected chi connectivity index (χ3v) is 10.0. The number of nitrogens with zero attached hydrogens (tertiary/aromatic N) is 3. The maximum absolute atomic E-state index is 13.6. The highest BCUT2D eigenvalue weighted by Gasteiger charge is 2.53. The van der Waals surface area contributed by atoms with E-state index in [2.05, 4.69) is 10.0 Å². The first-order valence-corrected chi connectivity index (χ1v) is 19.2. The maximum atomic E-state index is 13.6. The van der Waals surface area contributed by atoms with Gasteiger partial charge in [0.15, 0.2) is 12.4 Å². The van der Waals surface area contributed by atoms with Crippen LogP contribution in [-0.2, 0) is 55.9 Å². The van der Waals surface area contributed by atoms with E-state index in [0.717, 1.165) is 17.3 Å². The van der Waals surface area contributed by atoms with E-state index in [0.29, 0.717) is 5.56 Å². The third-order valence-electron chi connectivity index (χ3n) is 10.0. The van der Waals surface area contributed by atoms with Gasteiger partial charge in [0.05, 0.1) is 36.5 Å². The molecule has 2 saturated heterocycles. The number of rotatable bonds is 17. The van der Waals surface area contributed by atoms with Crippen LogP contribution in [0, 0.1) is 11.3 Å². The lowest BCUT2D eigenvalue weighted by Crippen LogP contribution is -2.65. The molecule has 59 heavy (non-hydrogen) atoms. The van der Waals surface area contributed by atoms with Crippen LogP contribution >= 0.6 is 0 Å². The van der Waals surface area contributed by atoms with Gasteiger partial charge in [-0.15, -0.1) is 0 Å². The van der Waals surface area contributed by atoms with Crippen molar-refractivity contribution in [3.05, 3.63) is 154 Å². The summed E-state index contributed by atoms with van der Waals surface area (Å²) in [5, 5.41) is 12.4. The number of carbonyl (C=O) groups is 3. The molecule has 2 aliphatic rings. The fourth-order valence-corrected chi connectivity index (χ4v) is 6.96. The molecule has 2 heterocycles. The number of esters is 3. The molecular weight excluding hydrogens is 761 g/mol. The number of hydrogen-bond donors (Lipinski definition) is 1. The molecule has 10 atom stereocenters. The van der Waals surface area contributed by atoms with Gasteiger partial charge in [0.2, 0.25) is 0 Å². The molecule has 4 aromatic carbocycles. The average molecular weight is 807 g/mol. The van der Waals surface area contributed by atoms with Crippen LogP contribution in [0.1, 0.15) is 45.7 Å². The van der Waals surface area contributed by atoms with Crippen molar-refractivity contribution in [3.8, 4) is 0 Å². The van der Waals surface area contributed by atoms with Crippen LogP contribution < -0.4 is 0 Å². The lowest BCUT2D eigenvalue weighted by Gasteiger charge is -2.48. The predicted octanol–water partition coefficient (Wildman–Crippen LogP) is 6.64. The Morgan fingerprint density at radius 3 is 1.76 bits per heavy atom. The summed E-state index contributed by atoms with van der Waals surface area (Å²) in [4.78, 5) is 42.0. The van der Waals surface area contributed by atoms with E-state index in [1.807, 2.05) is 67.6 Å². The maximum Gasteiger partial charge on any atom is 0.338 e. The first-order chi connectivity index (χ1) is 28.7. The minimum atomic E-state index is -1.40. The molecule has 15 heteroatoms. The first-order valence-electron chi connectivity index (χ1n) is 19.2. The molecule has 0 saturated carbocycles. The molecule has 0 amide bonds. The predicted molar refractivity (Wildman–Crippen MR) is 212 cm³/mol. The minimum absolute atomic E-state index is 0.0129. The van der Waals surface area contributed by atoms with Gasteiger partial charge < -0.3 is 43.3 Å². The number of ether oxygens (including phenoxy) is 8. The topological polar surface area (TPSA) is 198 Å². The molecule has 1 N–H and O–H groups in total. The lowest BCUT2D eigenvalue weighted by molar-refractivity contribution is -0.317. The van der Waals surface area contributed by atoms with Crippen LogP contribution in [0.2, 0.25) is 0 Å². The standard InChI is InChI=1S/C44H46N4O11/c1-28-35(26-55-42(50)32-19-11-5-12-20-32)57-44(37(47-48-46)38(28)53-24-30-15-7-3-8-16-30)59-40-36(27-52-29(2)49)56-34(23-45)39(58-43(51)33-21-13-6-14-22-33)41(40)54-25-31-17-9-4-10-18-31/h3-23,28,34-41,44-45H,24-27H2,1-2H3/t28?,34?,35?,36-,37+,38-,39?,40+,41?,44?/m0/s1. The summed E-state index contributed by atoms with van der Waals surface area (Å²) < 4.78 is 49.9. The fraction of sp³-hybridized carbons (Fsp3) is 0.364. The van der Waals surface area contributed by atoms with Gasteiger partial charge in [-0.25, -0.2) is 9.59 Å². The summed E-state index contributed by atoms with van der Waals surface area (Å²) in [6.07, 6.45) is -8.10. The Morgan fingerprint density at radius 2 is 1.22 bits per heavy atom. The van der Waals surface area contributed by atoms with Gasteiger partial charge in [0.25, 0.3) is 0 Å². The molecule has 308 valence electrons. The van der Waals surface area contributed by atoms with E-state index >= 15 is 0 Å². The highest BCUT2D eigenvalue weighted by atomic mass is 16.7. The molecule has 4 aromatic rings. The zero-order valence-electron chi connectivity index (χ0n) is 32.6. The quantitative estimate of drug-likeness (QED) is 0.0300. The third kappa shape index (κ3) is 11.4. The Kier molecular flexibility index (Phi) is 15.3. The Labute approximate surface area is 341 Å². The Hall–Kier alpha value is -5.93. The second kappa shape index (κ2) is 21.2. The fourth-order valence-electron chi connectivity index (χ4n) is 6.96. The molecule has 6 rings (SSSR count). The summed E-state index contributed by atoms with van der Waals surface area (Å²) in [5.74, 6) is -2.40. The van der Waals surface area contributed by atoms with Crippen molar-refractivity contribution >= 4 is 24.1 Å². The largest absolute Gasteiger partial charge is 0.463 e. The average Bonchev–Trinajstić information content (AvgIpc) is 3.27. The molecular formula is C44H46N4O11. The van der Waals surface area contributed by atoms with Crippen molar-refractivity contribution in [2.75, 3.05) is 13.2 Å². The van der Waals surface area contributed by atoms with Crippen molar-refractivity contribution in [1.82, 2.24) is 0 Å². The molecule has 2 aliphatic heterocycles. The summed E-state index contributed by atoms with van der Waals surface area (Å²) >= 11 is 0. The van der Waals surface area contributed by atoms with Gasteiger partial charge in [-0.3, -0.25) is 4.79 Å². The summed E-state index contributed by atoms with van der Waals surface area (Å²) in [7, 11) is 0. The van der Waals surface area contributed by atoms with Crippen LogP contribution in [0.25, 0.3) is 10.4 Å². The summed E-state index contributed by atoms with van der Waals surface area (Å²) in [6, 6.07) is 34.3. The number of azide groups is 1. The van der Waals surface area contributed by atoms with Crippen molar-refractivity contribution in [1.29, 1.82) is 5.41 Å². The van der Waals surface area contributed by atoms with E-state index in [9.17, 15) is 19.9 Å². The molecule has 0 bridgehead atoms. The molecule has 0 aromatic heterocycles.